The fourth-order valence-corrected chi connectivity index (χ4v) is 5.08. The summed E-state index contributed by atoms with van der Waals surface area (Å²) in [5, 5.41) is 2.57. The molecule has 0 bridgehead atoms. The number of amides is 4. The first-order chi connectivity index (χ1) is 17.5. The lowest BCUT2D eigenvalue weighted by Gasteiger charge is -2.27. The lowest BCUT2D eigenvalue weighted by atomic mass is 10.0. The molecular formula is C25H28F3N5O3S. The number of likely N-dealkylation sites (tertiary alicyclic amines) is 1. The first kappa shape index (κ1) is 26.9. The molecular weight excluding hydrogens is 507 g/mol. The van der Waals surface area contributed by atoms with E-state index in [9.17, 15) is 27.6 Å². The summed E-state index contributed by atoms with van der Waals surface area (Å²) in [6.07, 6.45) is 6.17. The van der Waals surface area contributed by atoms with Crippen molar-refractivity contribution in [3.05, 3.63) is 48.3 Å². The largest absolute Gasteiger partial charge is 0.446 e. The van der Waals surface area contributed by atoms with Crippen LogP contribution in [-0.2, 0) is 16.1 Å². The van der Waals surface area contributed by atoms with Crippen LogP contribution in [0.4, 0.5) is 29.3 Å². The molecule has 0 atom stereocenters. The summed E-state index contributed by atoms with van der Waals surface area (Å²) < 4.78 is 39.7. The van der Waals surface area contributed by atoms with Crippen LogP contribution in [0.15, 0.2) is 47.6 Å². The predicted octanol–water partition coefficient (Wildman–Crippen LogP) is 4.87. The zero-order chi connectivity index (χ0) is 26.8. The second-order valence-corrected chi connectivity index (χ2v) is 10.6. The van der Waals surface area contributed by atoms with Gasteiger partial charge in [0.1, 0.15) is 5.54 Å². The van der Waals surface area contributed by atoms with Crippen LogP contribution in [0.25, 0.3) is 0 Å². The summed E-state index contributed by atoms with van der Waals surface area (Å²) in [4.78, 5) is 47.4. The average molecular weight is 536 g/mol. The zero-order valence-corrected chi connectivity index (χ0v) is 21.4. The van der Waals surface area contributed by atoms with Crippen LogP contribution in [0.5, 0.6) is 0 Å². The normalized spacial score (nSPS) is 18.4. The number of carbonyl (C=O) groups is 3. The first-order valence-electron chi connectivity index (χ1n) is 11.9. The maximum absolute atomic E-state index is 13.4. The van der Waals surface area contributed by atoms with Crippen LogP contribution in [0, 0.1) is 0 Å². The number of imide groups is 1. The molecule has 198 valence electrons. The Balaban J connectivity index is 1.61. The van der Waals surface area contributed by atoms with Crippen molar-refractivity contribution in [2.75, 3.05) is 29.9 Å². The third kappa shape index (κ3) is 6.24. The fourth-order valence-electron chi connectivity index (χ4n) is 4.48. The number of benzene rings is 1. The SMILES string of the molecule is CC1(C)C(=O)N(c2ccc(SC(F)(F)F)c(NC(=O)CN3CCCCC3)c2)C(=O)N1Cc1ccncc1. The zero-order valence-electron chi connectivity index (χ0n) is 20.5. The number of nitrogens with zero attached hydrogens (tertiary/aromatic N) is 4. The van der Waals surface area contributed by atoms with Crippen molar-refractivity contribution in [1.82, 2.24) is 14.8 Å². The average Bonchev–Trinajstić information content (AvgIpc) is 3.00. The van der Waals surface area contributed by atoms with Crippen LogP contribution in [-0.4, -0.2) is 63.3 Å². The van der Waals surface area contributed by atoms with E-state index >= 15 is 0 Å². The summed E-state index contributed by atoms with van der Waals surface area (Å²) in [6.45, 7) is 4.92. The molecule has 8 nitrogen and oxygen atoms in total. The van der Waals surface area contributed by atoms with Gasteiger partial charge in [0.15, 0.2) is 0 Å². The number of aromatic nitrogens is 1. The molecule has 0 spiro atoms. The quantitative estimate of drug-likeness (QED) is 0.403. The summed E-state index contributed by atoms with van der Waals surface area (Å²) in [7, 11) is 0. The minimum absolute atomic E-state index is 0.0503. The molecule has 2 saturated heterocycles. The van der Waals surface area contributed by atoms with Crippen molar-refractivity contribution in [3.63, 3.8) is 0 Å². The fraction of sp³-hybridized carbons (Fsp3) is 0.440. The number of hydrogen-bond acceptors (Lipinski definition) is 6. The molecule has 3 heterocycles. The molecule has 2 aliphatic rings. The molecule has 2 aromatic rings. The molecule has 0 aliphatic carbocycles. The van der Waals surface area contributed by atoms with Gasteiger partial charge in [0, 0.05) is 23.8 Å². The number of alkyl halides is 3. The molecule has 4 rings (SSSR count). The molecule has 4 amide bonds. The van der Waals surface area contributed by atoms with Crippen molar-refractivity contribution in [2.24, 2.45) is 0 Å². The first-order valence-corrected chi connectivity index (χ1v) is 12.7. The van der Waals surface area contributed by atoms with E-state index < -0.39 is 28.9 Å². The lowest BCUT2D eigenvalue weighted by Crippen LogP contribution is -2.43. The lowest BCUT2D eigenvalue weighted by molar-refractivity contribution is -0.123. The van der Waals surface area contributed by atoms with E-state index in [-0.39, 0.29) is 41.1 Å². The second-order valence-electron chi connectivity index (χ2n) is 9.54. The Morgan fingerprint density at radius 2 is 1.76 bits per heavy atom. The highest BCUT2D eigenvalue weighted by atomic mass is 32.2. The molecule has 1 aromatic heterocycles. The smallest absolute Gasteiger partial charge is 0.324 e. The highest BCUT2D eigenvalue weighted by molar-refractivity contribution is 8.00. The van der Waals surface area contributed by atoms with Crippen LogP contribution in [0.3, 0.4) is 0 Å². The van der Waals surface area contributed by atoms with Crippen LogP contribution < -0.4 is 10.2 Å². The van der Waals surface area contributed by atoms with Crippen molar-refractivity contribution < 1.29 is 27.6 Å². The van der Waals surface area contributed by atoms with E-state index in [0.29, 0.717) is 0 Å². The van der Waals surface area contributed by atoms with Gasteiger partial charge in [-0.3, -0.25) is 19.5 Å². The van der Waals surface area contributed by atoms with Crippen molar-refractivity contribution in [2.45, 2.75) is 55.6 Å². The predicted molar refractivity (Wildman–Crippen MR) is 134 cm³/mol. The van der Waals surface area contributed by atoms with E-state index in [1.165, 1.54) is 23.1 Å². The number of nitrogens with one attached hydrogen (secondary N) is 1. The number of rotatable bonds is 7. The standard InChI is InChI=1S/C25H28F3N5O3S/c1-24(2)22(35)33(23(36)32(24)15-17-8-10-29-11-9-17)18-6-7-20(37-25(26,27)28)19(14-18)30-21(34)16-31-12-4-3-5-13-31/h6-11,14H,3-5,12-13,15-16H2,1-2H3,(H,30,34). The number of anilines is 2. The van der Waals surface area contributed by atoms with Crippen LogP contribution >= 0.6 is 11.8 Å². The van der Waals surface area contributed by atoms with Gasteiger partial charge in [-0.05, 0) is 87.4 Å². The Morgan fingerprint density at radius 3 is 2.41 bits per heavy atom. The van der Waals surface area contributed by atoms with E-state index in [1.807, 2.05) is 4.90 Å². The number of pyridine rings is 1. The number of piperidine rings is 1. The third-order valence-electron chi connectivity index (χ3n) is 6.45. The van der Waals surface area contributed by atoms with Crippen molar-refractivity contribution in [1.29, 1.82) is 0 Å². The van der Waals surface area contributed by atoms with E-state index in [2.05, 4.69) is 10.3 Å². The molecule has 0 radical (unpaired) electrons. The summed E-state index contributed by atoms with van der Waals surface area (Å²) in [5.74, 6) is -0.977. The molecule has 1 aromatic carbocycles. The minimum atomic E-state index is -4.59. The van der Waals surface area contributed by atoms with E-state index in [1.54, 1.807) is 38.4 Å². The number of hydrogen-bond donors (Lipinski definition) is 1. The Morgan fingerprint density at radius 1 is 1.08 bits per heavy atom. The molecule has 2 fully saturated rings. The van der Waals surface area contributed by atoms with Gasteiger partial charge in [0.25, 0.3) is 5.91 Å². The molecule has 0 saturated carbocycles. The molecule has 1 N–H and O–H groups in total. The summed E-state index contributed by atoms with van der Waals surface area (Å²) in [6, 6.07) is 6.57. The van der Waals surface area contributed by atoms with Gasteiger partial charge in [-0.2, -0.15) is 13.2 Å². The minimum Gasteiger partial charge on any atom is -0.324 e. The number of halogens is 3. The number of carbonyl (C=O) groups excluding carboxylic acids is 3. The van der Waals surface area contributed by atoms with Gasteiger partial charge < -0.3 is 10.2 Å². The Bertz CT molecular complexity index is 1170. The Kier molecular flexibility index (Phi) is 7.79. The summed E-state index contributed by atoms with van der Waals surface area (Å²) >= 11 is -0.363. The molecule has 37 heavy (non-hydrogen) atoms. The highest BCUT2D eigenvalue weighted by Crippen LogP contribution is 2.43. The third-order valence-corrected chi connectivity index (χ3v) is 7.26. The maximum atomic E-state index is 13.4. The van der Waals surface area contributed by atoms with Gasteiger partial charge in [0.05, 0.1) is 17.9 Å². The Hall–Kier alpha value is -3.12. The van der Waals surface area contributed by atoms with Crippen molar-refractivity contribution >= 4 is 41.0 Å². The number of urea groups is 1. The van der Waals surface area contributed by atoms with Gasteiger partial charge in [-0.1, -0.05) is 6.42 Å². The van der Waals surface area contributed by atoms with Gasteiger partial charge in [0.2, 0.25) is 5.91 Å². The summed E-state index contributed by atoms with van der Waals surface area (Å²) in [5.41, 5.74) is -5.03. The van der Waals surface area contributed by atoms with Crippen LogP contribution in [0.1, 0.15) is 38.7 Å². The maximum Gasteiger partial charge on any atom is 0.446 e. The van der Waals surface area contributed by atoms with Gasteiger partial charge in [-0.15, -0.1) is 0 Å². The topological polar surface area (TPSA) is 85.8 Å². The van der Waals surface area contributed by atoms with E-state index in [4.69, 9.17) is 0 Å². The van der Waals surface area contributed by atoms with E-state index in [0.717, 1.165) is 42.8 Å². The second kappa shape index (κ2) is 10.7. The van der Waals surface area contributed by atoms with Gasteiger partial charge in [-0.25, -0.2) is 9.69 Å². The van der Waals surface area contributed by atoms with Crippen LogP contribution in [0.2, 0.25) is 0 Å². The highest BCUT2D eigenvalue weighted by Gasteiger charge is 2.51. The molecule has 2 aliphatic heterocycles. The molecule has 12 heteroatoms. The molecule has 0 unspecified atom stereocenters. The monoisotopic (exact) mass is 535 g/mol. The van der Waals surface area contributed by atoms with Gasteiger partial charge >= 0.3 is 11.5 Å². The number of thioether (sulfide) groups is 1. The van der Waals surface area contributed by atoms with Crippen molar-refractivity contribution in [3.8, 4) is 0 Å². The Labute approximate surface area is 217 Å².